The Morgan fingerprint density at radius 2 is 1.65 bits per heavy atom. The standard InChI is InChI=1S/C21H14FN3O/c22-15-7-5-14(6-8-15)20-13-18(17-3-1-2-4-19(17)25-20)21(26)24-16-9-11-23-12-10-16/h1-13H,(H,23,24,26). The maximum atomic E-state index is 13.2. The number of hydrogen-bond acceptors (Lipinski definition) is 3. The second-order valence-electron chi connectivity index (χ2n) is 5.77. The number of nitrogens with zero attached hydrogens (tertiary/aromatic N) is 2. The molecule has 0 aliphatic rings. The summed E-state index contributed by atoms with van der Waals surface area (Å²) in [5, 5.41) is 3.63. The van der Waals surface area contributed by atoms with E-state index >= 15 is 0 Å². The van der Waals surface area contributed by atoms with E-state index in [2.05, 4.69) is 15.3 Å². The number of halogens is 1. The number of carbonyl (C=O) groups is 1. The zero-order chi connectivity index (χ0) is 17.9. The largest absolute Gasteiger partial charge is 0.322 e. The molecule has 4 nitrogen and oxygen atoms in total. The van der Waals surface area contributed by atoms with Crippen molar-refractivity contribution in [3.8, 4) is 11.3 Å². The third-order valence-electron chi connectivity index (χ3n) is 4.04. The van der Waals surface area contributed by atoms with Crippen molar-refractivity contribution in [1.82, 2.24) is 9.97 Å². The van der Waals surface area contributed by atoms with Gasteiger partial charge in [0.1, 0.15) is 5.82 Å². The van der Waals surface area contributed by atoms with E-state index in [1.165, 1.54) is 12.1 Å². The van der Waals surface area contributed by atoms with Gasteiger partial charge in [0.05, 0.1) is 16.8 Å². The van der Waals surface area contributed by atoms with Gasteiger partial charge in [-0.05, 0) is 48.5 Å². The average molecular weight is 343 g/mol. The highest BCUT2D eigenvalue weighted by atomic mass is 19.1. The molecule has 0 bridgehead atoms. The second-order valence-corrected chi connectivity index (χ2v) is 5.77. The van der Waals surface area contributed by atoms with Crippen LogP contribution in [0.2, 0.25) is 0 Å². The number of nitrogens with one attached hydrogen (secondary N) is 1. The van der Waals surface area contributed by atoms with Crippen LogP contribution in [-0.4, -0.2) is 15.9 Å². The lowest BCUT2D eigenvalue weighted by Gasteiger charge is -2.10. The fourth-order valence-corrected chi connectivity index (χ4v) is 2.77. The lowest BCUT2D eigenvalue weighted by atomic mass is 10.0. The highest BCUT2D eigenvalue weighted by Gasteiger charge is 2.14. The van der Waals surface area contributed by atoms with E-state index in [9.17, 15) is 9.18 Å². The van der Waals surface area contributed by atoms with Gasteiger partial charge in [0, 0.05) is 29.0 Å². The summed E-state index contributed by atoms with van der Waals surface area (Å²) in [4.78, 5) is 21.4. The number of para-hydroxylation sites is 1. The number of rotatable bonds is 3. The summed E-state index contributed by atoms with van der Waals surface area (Å²) in [5.41, 5.74) is 3.23. The fraction of sp³-hybridized carbons (Fsp3) is 0. The molecule has 1 N–H and O–H groups in total. The first kappa shape index (κ1) is 15.9. The van der Waals surface area contributed by atoms with E-state index in [1.807, 2.05) is 24.3 Å². The van der Waals surface area contributed by atoms with Crippen LogP contribution in [-0.2, 0) is 0 Å². The minimum atomic E-state index is -0.315. The van der Waals surface area contributed by atoms with Crippen LogP contribution in [0.25, 0.3) is 22.2 Å². The number of benzene rings is 2. The molecule has 126 valence electrons. The summed E-state index contributed by atoms with van der Waals surface area (Å²) in [7, 11) is 0. The predicted octanol–water partition coefficient (Wildman–Crippen LogP) is 4.69. The van der Waals surface area contributed by atoms with E-state index in [0.717, 1.165) is 10.9 Å². The molecular formula is C21H14FN3O. The van der Waals surface area contributed by atoms with Crippen LogP contribution in [0.15, 0.2) is 79.1 Å². The Kier molecular flexibility index (Phi) is 4.11. The second kappa shape index (κ2) is 6.72. The highest BCUT2D eigenvalue weighted by Crippen LogP contribution is 2.25. The summed E-state index contributed by atoms with van der Waals surface area (Å²) in [6.45, 7) is 0. The number of pyridine rings is 2. The van der Waals surface area contributed by atoms with Gasteiger partial charge in [0.2, 0.25) is 0 Å². The van der Waals surface area contributed by atoms with E-state index in [1.54, 1.807) is 42.7 Å². The highest BCUT2D eigenvalue weighted by molar-refractivity contribution is 6.13. The molecule has 0 unspecified atom stereocenters. The average Bonchev–Trinajstić information content (AvgIpc) is 2.68. The van der Waals surface area contributed by atoms with Gasteiger partial charge in [-0.25, -0.2) is 9.37 Å². The number of hydrogen-bond donors (Lipinski definition) is 1. The first-order valence-electron chi connectivity index (χ1n) is 8.08. The molecule has 26 heavy (non-hydrogen) atoms. The van der Waals surface area contributed by atoms with Gasteiger partial charge >= 0.3 is 0 Å². The normalized spacial score (nSPS) is 10.7. The maximum absolute atomic E-state index is 13.2. The molecule has 2 aromatic heterocycles. The molecule has 0 fully saturated rings. The smallest absolute Gasteiger partial charge is 0.256 e. The van der Waals surface area contributed by atoms with Crippen molar-refractivity contribution >= 4 is 22.5 Å². The molecule has 0 aliphatic carbocycles. The monoisotopic (exact) mass is 343 g/mol. The van der Waals surface area contributed by atoms with E-state index in [4.69, 9.17) is 0 Å². The fourth-order valence-electron chi connectivity index (χ4n) is 2.77. The topological polar surface area (TPSA) is 54.9 Å². The van der Waals surface area contributed by atoms with Crippen LogP contribution >= 0.6 is 0 Å². The lowest BCUT2D eigenvalue weighted by Crippen LogP contribution is -2.13. The number of amides is 1. The number of carbonyl (C=O) groups excluding carboxylic acids is 1. The molecule has 0 aliphatic heterocycles. The molecule has 4 aromatic rings. The molecule has 0 radical (unpaired) electrons. The summed E-state index contributed by atoms with van der Waals surface area (Å²) in [6, 6.07) is 18.7. The van der Waals surface area contributed by atoms with Crippen LogP contribution in [0.5, 0.6) is 0 Å². The summed E-state index contributed by atoms with van der Waals surface area (Å²) < 4.78 is 13.2. The zero-order valence-corrected chi connectivity index (χ0v) is 13.7. The number of fused-ring (bicyclic) bond motifs is 1. The quantitative estimate of drug-likeness (QED) is 0.587. The molecule has 0 saturated carbocycles. The van der Waals surface area contributed by atoms with E-state index < -0.39 is 0 Å². The molecule has 0 spiro atoms. The van der Waals surface area contributed by atoms with Crippen molar-refractivity contribution in [2.75, 3.05) is 5.32 Å². The van der Waals surface area contributed by atoms with Crippen molar-refractivity contribution in [2.24, 2.45) is 0 Å². The minimum Gasteiger partial charge on any atom is -0.322 e. The Morgan fingerprint density at radius 1 is 0.923 bits per heavy atom. The molecule has 2 heterocycles. The maximum Gasteiger partial charge on any atom is 0.256 e. The van der Waals surface area contributed by atoms with Crippen molar-refractivity contribution in [3.05, 3.63) is 90.5 Å². The van der Waals surface area contributed by atoms with Crippen LogP contribution in [0.3, 0.4) is 0 Å². The zero-order valence-electron chi connectivity index (χ0n) is 13.7. The number of aromatic nitrogens is 2. The van der Waals surface area contributed by atoms with Crippen molar-refractivity contribution in [2.45, 2.75) is 0 Å². The van der Waals surface area contributed by atoms with Gasteiger partial charge in [-0.1, -0.05) is 18.2 Å². The van der Waals surface area contributed by atoms with Crippen LogP contribution in [0.1, 0.15) is 10.4 Å². The third-order valence-corrected chi connectivity index (χ3v) is 4.04. The SMILES string of the molecule is O=C(Nc1ccncc1)c1cc(-c2ccc(F)cc2)nc2ccccc12. The molecule has 1 amide bonds. The van der Waals surface area contributed by atoms with Crippen LogP contribution in [0.4, 0.5) is 10.1 Å². The van der Waals surface area contributed by atoms with Crippen LogP contribution in [0, 0.1) is 5.82 Å². The van der Waals surface area contributed by atoms with Gasteiger partial charge in [-0.15, -0.1) is 0 Å². The minimum absolute atomic E-state index is 0.238. The van der Waals surface area contributed by atoms with Gasteiger partial charge in [0.25, 0.3) is 5.91 Å². The van der Waals surface area contributed by atoms with E-state index in [0.29, 0.717) is 22.5 Å². The molecule has 5 heteroatoms. The molecule has 2 aromatic carbocycles. The first-order valence-corrected chi connectivity index (χ1v) is 8.08. The Morgan fingerprint density at radius 3 is 2.42 bits per heavy atom. The third kappa shape index (κ3) is 3.15. The van der Waals surface area contributed by atoms with Crippen LogP contribution < -0.4 is 5.32 Å². The number of anilines is 1. The van der Waals surface area contributed by atoms with Crippen molar-refractivity contribution in [1.29, 1.82) is 0 Å². The van der Waals surface area contributed by atoms with E-state index in [-0.39, 0.29) is 11.7 Å². The molecule has 0 atom stereocenters. The molecule has 4 rings (SSSR count). The van der Waals surface area contributed by atoms with Crippen molar-refractivity contribution in [3.63, 3.8) is 0 Å². The van der Waals surface area contributed by atoms with Gasteiger partial charge in [0.15, 0.2) is 0 Å². The predicted molar refractivity (Wildman–Crippen MR) is 99.3 cm³/mol. The summed E-state index contributed by atoms with van der Waals surface area (Å²) >= 11 is 0. The Hall–Kier alpha value is -3.60. The summed E-state index contributed by atoms with van der Waals surface area (Å²) in [6.07, 6.45) is 3.23. The Bertz CT molecular complexity index is 1080. The Labute approximate surface area is 149 Å². The Balaban J connectivity index is 1.82. The van der Waals surface area contributed by atoms with Gasteiger partial charge in [-0.3, -0.25) is 9.78 Å². The molecular weight excluding hydrogens is 329 g/mol. The summed E-state index contributed by atoms with van der Waals surface area (Å²) in [5.74, 6) is -0.552. The molecule has 0 saturated heterocycles. The lowest BCUT2D eigenvalue weighted by molar-refractivity contribution is 0.102. The van der Waals surface area contributed by atoms with Crippen molar-refractivity contribution < 1.29 is 9.18 Å². The van der Waals surface area contributed by atoms with Gasteiger partial charge in [-0.2, -0.15) is 0 Å². The first-order chi connectivity index (χ1) is 12.7. The van der Waals surface area contributed by atoms with Gasteiger partial charge < -0.3 is 5.32 Å².